The maximum atomic E-state index is 13.9. The maximum Gasteiger partial charge on any atom is 0.303 e. The van der Waals surface area contributed by atoms with Crippen LogP contribution in [-0.4, -0.2) is 29.9 Å². The second-order valence-electron chi connectivity index (χ2n) is 9.41. The lowest BCUT2D eigenvalue weighted by Crippen LogP contribution is -2.38. The van der Waals surface area contributed by atoms with Crippen molar-refractivity contribution in [2.45, 2.75) is 44.6 Å². The molecule has 0 saturated heterocycles. The number of nitrogens with one attached hydrogen (secondary N) is 1. The molecule has 2 N–H and O–H groups in total. The molecule has 0 spiro atoms. The van der Waals surface area contributed by atoms with E-state index < -0.39 is 12.0 Å². The number of aliphatic carboxylic acids is 1. The minimum atomic E-state index is -1.03. The van der Waals surface area contributed by atoms with Gasteiger partial charge in [0.2, 0.25) is 5.91 Å². The molecule has 37 heavy (non-hydrogen) atoms. The van der Waals surface area contributed by atoms with Crippen LogP contribution in [-0.2, 0) is 14.4 Å². The van der Waals surface area contributed by atoms with E-state index in [9.17, 15) is 19.5 Å². The van der Waals surface area contributed by atoms with Crippen LogP contribution in [0.5, 0.6) is 5.75 Å². The average molecular weight is 517 g/mol. The highest BCUT2D eigenvalue weighted by Crippen LogP contribution is 2.48. The van der Waals surface area contributed by atoms with Gasteiger partial charge in [0.15, 0.2) is 5.78 Å². The molecule has 190 valence electrons. The normalized spacial score (nSPS) is 19.0. The first-order valence-corrected chi connectivity index (χ1v) is 13.1. The van der Waals surface area contributed by atoms with E-state index >= 15 is 0 Å². The van der Waals surface area contributed by atoms with Crippen LogP contribution in [0.4, 0.5) is 11.4 Å². The SMILES string of the molecule is COc1ccc(C2CC(=O)C3=C(C2)Nc2ccc(C)cc2N(C(=O)CCC(=O)O)C3c2cccs2)cc1. The predicted molar refractivity (Wildman–Crippen MR) is 143 cm³/mol. The number of carbonyl (C=O) groups excluding carboxylic acids is 2. The number of carboxylic acid groups (broad SMARTS) is 1. The Morgan fingerprint density at radius 2 is 1.89 bits per heavy atom. The molecule has 7 nitrogen and oxygen atoms in total. The van der Waals surface area contributed by atoms with Gasteiger partial charge in [-0.2, -0.15) is 0 Å². The molecule has 1 amide bonds. The molecule has 5 rings (SSSR count). The Bertz CT molecular complexity index is 1380. The smallest absolute Gasteiger partial charge is 0.303 e. The summed E-state index contributed by atoms with van der Waals surface area (Å²) in [5.41, 5.74) is 4.77. The minimum Gasteiger partial charge on any atom is -0.497 e. The molecule has 2 aliphatic rings. The number of aryl methyl sites for hydroxylation is 1. The monoisotopic (exact) mass is 516 g/mol. The van der Waals surface area contributed by atoms with Crippen molar-refractivity contribution >= 4 is 40.4 Å². The molecule has 2 aromatic carbocycles. The summed E-state index contributed by atoms with van der Waals surface area (Å²) in [4.78, 5) is 41.4. The molecule has 3 aromatic rings. The number of carbonyl (C=O) groups is 3. The lowest BCUT2D eigenvalue weighted by molar-refractivity contribution is -0.138. The Morgan fingerprint density at radius 3 is 2.57 bits per heavy atom. The Kier molecular flexibility index (Phi) is 6.84. The van der Waals surface area contributed by atoms with Gasteiger partial charge in [0.1, 0.15) is 11.8 Å². The summed E-state index contributed by atoms with van der Waals surface area (Å²) in [6, 6.07) is 16.8. The number of nitrogens with zero attached hydrogens (tertiary/aromatic N) is 1. The third-order valence-electron chi connectivity index (χ3n) is 6.96. The molecule has 0 fully saturated rings. The van der Waals surface area contributed by atoms with Gasteiger partial charge in [-0.25, -0.2) is 0 Å². The topological polar surface area (TPSA) is 95.9 Å². The summed E-state index contributed by atoms with van der Waals surface area (Å²) < 4.78 is 5.29. The molecule has 1 aliphatic heterocycles. The molecule has 2 unspecified atom stereocenters. The second kappa shape index (κ2) is 10.2. The molecule has 2 heterocycles. The largest absolute Gasteiger partial charge is 0.497 e. The number of benzene rings is 2. The highest BCUT2D eigenvalue weighted by molar-refractivity contribution is 7.10. The van der Waals surface area contributed by atoms with Gasteiger partial charge in [-0.05, 0) is 66.1 Å². The van der Waals surface area contributed by atoms with Gasteiger partial charge in [-0.15, -0.1) is 11.3 Å². The van der Waals surface area contributed by atoms with E-state index in [0.29, 0.717) is 24.1 Å². The van der Waals surface area contributed by atoms with Crippen LogP contribution in [0, 0.1) is 6.92 Å². The van der Waals surface area contributed by atoms with Crippen molar-refractivity contribution < 1.29 is 24.2 Å². The van der Waals surface area contributed by atoms with Gasteiger partial charge < -0.3 is 15.2 Å². The predicted octanol–water partition coefficient (Wildman–Crippen LogP) is 5.83. The lowest BCUT2D eigenvalue weighted by atomic mass is 9.79. The standard InChI is InChI=1S/C29H28N2O5S/c1-17-5-10-21-23(14-17)31(26(33)11-12-27(34)35)29(25-4-3-13-37-25)28-22(30-21)15-19(16-24(28)32)18-6-8-20(36-2)9-7-18/h3-10,13-14,19,29-30H,11-12,15-16H2,1-2H3,(H,34,35). The number of amides is 1. The van der Waals surface area contributed by atoms with E-state index in [1.54, 1.807) is 12.0 Å². The fraction of sp³-hybridized carbons (Fsp3) is 0.276. The number of methoxy groups -OCH3 is 1. The van der Waals surface area contributed by atoms with E-state index in [4.69, 9.17) is 4.74 Å². The average Bonchev–Trinajstić information content (AvgIpc) is 3.37. The highest BCUT2D eigenvalue weighted by Gasteiger charge is 2.42. The quantitative estimate of drug-likeness (QED) is 0.428. The van der Waals surface area contributed by atoms with Crippen LogP contribution in [0.1, 0.15) is 53.6 Å². The first-order valence-electron chi connectivity index (χ1n) is 12.2. The van der Waals surface area contributed by atoms with Gasteiger partial charge in [0, 0.05) is 29.0 Å². The van der Waals surface area contributed by atoms with Crippen molar-refractivity contribution in [3.63, 3.8) is 0 Å². The minimum absolute atomic E-state index is 0.0168. The summed E-state index contributed by atoms with van der Waals surface area (Å²) in [6.45, 7) is 1.95. The van der Waals surface area contributed by atoms with E-state index in [0.717, 1.165) is 33.1 Å². The number of hydrogen-bond donors (Lipinski definition) is 2. The van der Waals surface area contributed by atoms with Crippen molar-refractivity contribution in [3.05, 3.63) is 87.3 Å². The Labute approximate surface area is 219 Å². The van der Waals surface area contributed by atoms with Gasteiger partial charge in [-0.1, -0.05) is 24.3 Å². The van der Waals surface area contributed by atoms with Crippen molar-refractivity contribution in [3.8, 4) is 5.75 Å². The highest BCUT2D eigenvalue weighted by atomic mass is 32.1. The molecule has 0 bridgehead atoms. The molecule has 1 aromatic heterocycles. The number of allylic oxidation sites excluding steroid dienone is 1. The first kappa shape index (κ1) is 24.8. The number of ketones is 1. The molecular weight excluding hydrogens is 488 g/mol. The molecule has 2 atom stereocenters. The van der Waals surface area contributed by atoms with Crippen molar-refractivity contribution in [1.29, 1.82) is 0 Å². The van der Waals surface area contributed by atoms with E-state index in [2.05, 4.69) is 5.32 Å². The zero-order chi connectivity index (χ0) is 26.1. The van der Waals surface area contributed by atoms with E-state index in [1.165, 1.54) is 11.3 Å². The molecule has 0 radical (unpaired) electrons. The number of hydrogen-bond acceptors (Lipinski definition) is 6. The molecule has 8 heteroatoms. The van der Waals surface area contributed by atoms with Crippen LogP contribution in [0.3, 0.4) is 0 Å². The summed E-state index contributed by atoms with van der Waals surface area (Å²) in [5.74, 6) is -0.635. The molecular formula is C29H28N2O5S. The van der Waals surface area contributed by atoms with Crippen LogP contribution in [0.2, 0.25) is 0 Å². The number of fused-ring (bicyclic) bond motifs is 1. The zero-order valence-electron chi connectivity index (χ0n) is 20.7. The van der Waals surface area contributed by atoms with Gasteiger partial charge in [0.05, 0.1) is 24.9 Å². The summed E-state index contributed by atoms with van der Waals surface area (Å²) >= 11 is 1.48. The summed E-state index contributed by atoms with van der Waals surface area (Å²) in [7, 11) is 1.62. The Morgan fingerprint density at radius 1 is 1.11 bits per heavy atom. The number of ether oxygens (including phenoxy) is 1. The molecule has 0 saturated carbocycles. The van der Waals surface area contributed by atoms with Gasteiger partial charge >= 0.3 is 5.97 Å². The fourth-order valence-electron chi connectivity index (χ4n) is 5.18. The van der Waals surface area contributed by atoms with Crippen molar-refractivity contribution in [2.24, 2.45) is 0 Å². The van der Waals surface area contributed by atoms with Crippen LogP contribution in [0.15, 0.2) is 71.2 Å². The first-order chi connectivity index (χ1) is 17.9. The van der Waals surface area contributed by atoms with Crippen LogP contribution >= 0.6 is 11.3 Å². The van der Waals surface area contributed by atoms with Crippen LogP contribution in [0.25, 0.3) is 0 Å². The maximum absolute atomic E-state index is 13.9. The van der Waals surface area contributed by atoms with Gasteiger partial charge in [-0.3, -0.25) is 19.3 Å². The van der Waals surface area contributed by atoms with Crippen molar-refractivity contribution in [1.82, 2.24) is 0 Å². The second-order valence-corrected chi connectivity index (χ2v) is 10.4. The third-order valence-corrected chi connectivity index (χ3v) is 7.88. The number of rotatable bonds is 6. The number of carboxylic acids is 1. The third kappa shape index (κ3) is 4.89. The number of thiophene rings is 1. The zero-order valence-corrected chi connectivity index (χ0v) is 21.5. The summed E-state index contributed by atoms with van der Waals surface area (Å²) in [5, 5.41) is 14.7. The van der Waals surface area contributed by atoms with E-state index in [1.807, 2.05) is 66.9 Å². The Hall–Kier alpha value is -3.91. The van der Waals surface area contributed by atoms with Crippen LogP contribution < -0.4 is 15.0 Å². The summed E-state index contributed by atoms with van der Waals surface area (Å²) in [6.07, 6.45) is 0.497. The van der Waals surface area contributed by atoms with E-state index in [-0.39, 0.29) is 30.4 Å². The Balaban J connectivity index is 1.64. The van der Waals surface area contributed by atoms with Gasteiger partial charge in [0.25, 0.3) is 0 Å². The number of Topliss-reactive ketones (excluding diaryl/α,β-unsaturated/α-hetero) is 1. The van der Waals surface area contributed by atoms with Crippen molar-refractivity contribution in [2.75, 3.05) is 17.3 Å². The lowest BCUT2D eigenvalue weighted by Gasteiger charge is -2.34. The molecule has 1 aliphatic carbocycles. The number of anilines is 2. The fourth-order valence-corrected chi connectivity index (χ4v) is 6.01.